The molecule has 3 aromatic carbocycles. The van der Waals surface area contributed by atoms with Crippen molar-refractivity contribution in [3.8, 4) is 5.69 Å². The van der Waals surface area contributed by atoms with Crippen LogP contribution in [-0.4, -0.2) is 9.49 Å². The Morgan fingerprint density at radius 2 is 1.67 bits per heavy atom. The van der Waals surface area contributed by atoms with Crippen LogP contribution in [0.5, 0.6) is 0 Å². The second kappa shape index (κ2) is 7.58. The van der Waals surface area contributed by atoms with Gasteiger partial charge in [-0.2, -0.15) is 0 Å². The van der Waals surface area contributed by atoms with Crippen molar-refractivity contribution in [1.82, 2.24) is 4.57 Å². The van der Waals surface area contributed by atoms with Gasteiger partial charge >= 0.3 is 0 Å². The van der Waals surface area contributed by atoms with E-state index in [1.54, 1.807) is 36.0 Å². The first-order chi connectivity index (χ1) is 13.1. The summed E-state index contributed by atoms with van der Waals surface area (Å²) in [5.74, 6) is 0.877. The normalized spacial score (nSPS) is 11.0. The third-order valence-corrected chi connectivity index (χ3v) is 5.96. The van der Waals surface area contributed by atoms with Gasteiger partial charge in [-0.25, -0.2) is 0 Å². The van der Waals surface area contributed by atoms with Crippen molar-refractivity contribution in [3.05, 3.63) is 99.1 Å². The van der Waals surface area contributed by atoms with Gasteiger partial charge in [-0.3, -0.25) is 10.1 Å². The molecule has 0 amide bonds. The number of para-hydroxylation sites is 1. The molecule has 4 aromatic rings. The second-order valence-corrected chi connectivity index (χ2v) is 8.00. The molecular weight excluding hydrogens is 424 g/mol. The zero-order chi connectivity index (χ0) is 18.8. The van der Waals surface area contributed by atoms with Crippen molar-refractivity contribution in [2.75, 3.05) is 0 Å². The Morgan fingerprint density at radius 1 is 0.963 bits per heavy atom. The maximum atomic E-state index is 10.9. The standard InChI is InChI=1S/C21H15BrN2O2S/c22-16-7-5-15(6-8-16)14-27-21-13-23(20-4-2-1-3-19(20)21)17-9-11-18(12-10-17)24(25)26/h1-13H,14H2. The Bertz CT molecular complexity index is 1110. The second-order valence-electron chi connectivity index (χ2n) is 6.07. The van der Waals surface area contributed by atoms with Crippen LogP contribution in [0.1, 0.15) is 5.56 Å². The summed E-state index contributed by atoms with van der Waals surface area (Å²) in [5, 5.41) is 12.1. The largest absolute Gasteiger partial charge is 0.315 e. The molecule has 0 spiro atoms. The molecule has 27 heavy (non-hydrogen) atoms. The number of hydrogen-bond donors (Lipinski definition) is 0. The van der Waals surface area contributed by atoms with Crippen LogP contribution in [0.2, 0.25) is 0 Å². The van der Waals surface area contributed by atoms with E-state index in [4.69, 9.17) is 0 Å². The highest BCUT2D eigenvalue weighted by Crippen LogP contribution is 2.34. The lowest BCUT2D eigenvalue weighted by molar-refractivity contribution is -0.384. The van der Waals surface area contributed by atoms with E-state index in [2.05, 4.69) is 63.1 Å². The lowest BCUT2D eigenvalue weighted by atomic mass is 10.2. The van der Waals surface area contributed by atoms with Crippen LogP contribution in [0.25, 0.3) is 16.6 Å². The van der Waals surface area contributed by atoms with Gasteiger partial charge in [0.2, 0.25) is 0 Å². The fraction of sp³-hybridized carbons (Fsp3) is 0.0476. The number of aromatic nitrogens is 1. The molecule has 0 bridgehead atoms. The minimum Gasteiger partial charge on any atom is -0.315 e. The van der Waals surface area contributed by atoms with E-state index >= 15 is 0 Å². The number of nitro benzene ring substituents is 1. The number of benzene rings is 3. The molecule has 0 radical (unpaired) electrons. The number of hydrogen-bond acceptors (Lipinski definition) is 3. The monoisotopic (exact) mass is 438 g/mol. The van der Waals surface area contributed by atoms with Gasteiger partial charge in [0.1, 0.15) is 0 Å². The van der Waals surface area contributed by atoms with Gasteiger partial charge in [-0.05, 0) is 35.9 Å². The summed E-state index contributed by atoms with van der Waals surface area (Å²) in [6.07, 6.45) is 2.11. The van der Waals surface area contributed by atoms with E-state index in [0.29, 0.717) is 0 Å². The third-order valence-electron chi connectivity index (χ3n) is 4.32. The highest BCUT2D eigenvalue weighted by molar-refractivity contribution is 9.10. The summed E-state index contributed by atoms with van der Waals surface area (Å²) < 4.78 is 3.16. The number of nitrogens with zero attached hydrogens (tertiary/aromatic N) is 2. The minimum absolute atomic E-state index is 0.0973. The highest BCUT2D eigenvalue weighted by atomic mass is 79.9. The topological polar surface area (TPSA) is 48.1 Å². The Hall–Kier alpha value is -2.57. The summed E-state index contributed by atoms with van der Waals surface area (Å²) in [6.45, 7) is 0. The molecule has 0 atom stereocenters. The van der Waals surface area contributed by atoms with E-state index < -0.39 is 0 Å². The highest BCUT2D eigenvalue weighted by Gasteiger charge is 2.12. The number of fused-ring (bicyclic) bond motifs is 1. The molecule has 0 aliphatic carbocycles. The first-order valence-corrected chi connectivity index (χ1v) is 10.1. The van der Waals surface area contributed by atoms with Gasteiger partial charge in [-0.1, -0.05) is 46.3 Å². The van der Waals surface area contributed by atoms with Crippen molar-refractivity contribution >= 4 is 44.3 Å². The van der Waals surface area contributed by atoms with Crippen molar-refractivity contribution in [2.24, 2.45) is 0 Å². The Labute approximate surface area is 169 Å². The average molecular weight is 439 g/mol. The Balaban J connectivity index is 1.68. The molecule has 6 heteroatoms. The molecule has 0 saturated carbocycles. The summed E-state index contributed by atoms with van der Waals surface area (Å²) >= 11 is 5.25. The van der Waals surface area contributed by atoms with Gasteiger partial charge in [-0.15, -0.1) is 11.8 Å². The molecular formula is C21H15BrN2O2S. The van der Waals surface area contributed by atoms with Gasteiger partial charge in [0.15, 0.2) is 0 Å². The van der Waals surface area contributed by atoms with Crippen LogP contribution in [0.4, 0.5) is 5.69 Å². The molecule has 0 fully saturated rings. The quantitative estimate of drug-likeness (QED) is 0.200. The van der Waals surface area contributed by atoms with Crippen LogP contribution in [0.3, 0.4) is 0 Å². The van der Waals surface area contributed by atoms with Gasteiger partial charge < -0.3 is 4.57 Å². The van der Waals surface area contributed by atoms with Crippen molar-refractivity contribution in [3.63, 3.8) is 0 Å². The molecule has 0 unspecified atom stereocenters. The van der Waals surface area contributed by atoms with E-state index in [9.17, 15) is 10.1 Å². The van der Waals surface area contributed by atoms with E-state index in [0.717, 1.165) is 21.4 Å². The molecule has 0 aliphatic rings. The van der Waals surface area contributed by atoms with E-state index in [-0.39, 0.29) is 10.6 Å². The molecule has 0 aliphatic heterocycles. The summed E-state index contributed by atoms with van der Waals surface area (Å²) in [4.78, 5) is 11.7. The van der Waals surface area contributed by atoms with Crippen molar-refractivity contribution in [1.29, 1.82) is 0 Å². The maximum absolute atomic E-state index is 10.9. The third kappa shape index (κ3) is 3.77. The fourth-order valence-corrected chi connectivity index (χ4v) is 4.24. The summed E-state index contributed by atoms with van der Waals surface area (Å²) in [7, 11) is 0. The molecule has 4 rings (SSSR count). The van der Waals surface area contributed by atoms with E-state index in [1.165, 1.54) is 15.8 Å². The molecule has 1 heterocycles. The number of nitro groups is 1. The summed E-state index contributed by atoms with van der Waals surface area (Å²) in [5.41, 5.74) is 3.35. The molecule has 0 N–H and O–H groups in total. The van der Waals surface area contributed by atoms with E-state index in [1.807, 2.05) is 12.1 Å². The van der Waals surface area contributed by atoms with Crippen LogP contribution in [-0.2, 0) is 5.75 Å². The predicted octanol–water partition coefficient (Wildman–Crippen LogP) is 6.59. The molecule has 4 nitrogen and oxygen atoms in total. The van der Waals surface area contributed by atoms with Crippen LogP contribution >= 0.6 is 27.7 Å². The zero-order valence-electron chi connectivity index (χ0n) is 14.2. The summed E-state index contributed by atoms with van der Waals surface area (Å²) in [6, 6.07) is 23.2. The first kappa shape index (κ1) is 17.8. The number of halogens is 1. The van der Waals surface area contributed by atoms with Gasteiger partial charge in [0.25, 0.3) is 5.69 Å². The van der Waals surface area contributed by atoms with Gasteiger partial charge in [0, 0.05) is 44.5 Å². The fourth-order valence-electron chi connectivity index (χ4n) is 2.95. The number of rotatable bonds is 5. The Morgan fingerprint density at radius 3 is 2.37 bits per heavy atom. The average Bonchev–Trinajstić information content (AvgIpc) is 3.06. The van der Waals surface area contributed by atoms with Crippen molar-refractivity contribution < 1.29 is 4.92 Å². The SMILES string of the molecule is O=[N+]([O-])c1ccc(-n2cc(SCc3ccc(Br)cc3)c3ccccc32)cc1. The minimum atomic E-state index is -0.378. The zero-order valence-corrected chi connectivity index (χ0v) is 16.6. The lowest BCUT2D eigenvalue weighted by Crippen LogP contribution is -1.93. The smallest absolute Gasteiger partial charge is 0.269 e. The predicted molar refractivity (Wildman–Crippen MR) is 114 cm³/mol. The first-order valence-electron chi connectivity index (χ1n) is 8.34. The van der Waals surface area contributed by atoms with Crippen LogP contribution in [0.15, 0.2) is 88.4 Å². The maximum Gasteiger partial charge on any atom is 0.269 e. The van der Waals surface area contributed by atoms with Crippen LogP contribution < -0.4 is 0 Å². The molecule has 0 saturated heterocycles. The van der Waals surface area contributed by atoms with Crippen molar-refractivity contribution in [2.45, 2.75) is 10.6 Å². The number of non-ortho nitro benzene ring substituents is 1. The number of thioether (sulfide) groups is 1. The lowest BCUT2D eigenvalue weighted by Gasteiger charge is -2.04. The van der Waals surface area contributed by atoms with Gasteiger partial charge in [0.05, 0.1) is 10.4 Å². The van der Waals surface area contributed by atoms with Crippen LogP contribution in [0, 0.1) is 10.1 Å². The molecule has 1 aromatic heterocycles. The molecule has 134 valence electrons. The Kier molecular flexibility index (Phi) is 5.01.